The van der Waals surface area contributed by atoms with Crippen LogP contribution >= 0.6 is 0 Å². The number of nitrogens with one attached hydrogen (secondary N) is 1. The van der Waals surface area contributed by atoms with Gasteiger partial charge in [0.25, 0.3) is 0 Å². The Bertz CT molecular complexity index is 604. The highest BCUT2D eigenvalue weighted by molar-refractivity contribution is 7.88. The monoisotopic (exact) mass is 282 g/mol. The van der Waals surface area contributed by atoms with Crippen LogP contribution in [0.2, 0.25) is 0 Å². The predicted molar refractivity (Wildman–Crippen MR) is 68.6 cm³/mol. The smallest absolute Gasteiger partial charge is 0.321 e. The van der Waals surface area contributed by atoms with Crippen LogP contribution in [-0.4, -0.2) is 25.5 Å². The van der Waals surface area contributed by atoms with E-state index in [9.17, 15) is 13.2 Å². The molecule has 2 N–H and O–H groups in total. The Morgan fingerprint density at radius 1 is 1.47 bits per heavy atom. The second-order valence-electron chi connectivity index (χ2n) is 3.94. The van der Waals surface area contributed by atoms with E-state index in [1.165, 1.54) is 12.1 Å². The van der Waals surface area contributed by atoms with E-state index in [0.717, 1.165) is 0 Å². The van der Waals surface area contributed by atoms with Crippen LogP contribution in [0.1, 0.15) is 24.5 Å². The Balaban J connectivity index is 2.92. The number of rotatable bonds is 6. The summed E-state index contributed by atoms with van der Waals surface area (Å²) in [5, 5.41) is 17.7. The number of nitrogens with zero attached hydrogens (tertiary/aromatic N) is 1. The Hall–Kier alpha value is -1.91. The van der Waals surface area contributed by atoms with Crippen molar-refractivity contribution in [2.24, 2.45) is 0 Å². The van der Waals surface area contributed by atoms with Crippen molar-refractivity contribution in [3.63, 3.8) is 0 Å². The Kier molecular flexibility index (Phi) is 5.03. The van der Waals surface area contributed by atoms with E-state index >= 15 is 0 Å². The minimum absolute atomic E-state index is 0.147. The van der Waals surface area contributed by atoms with Crippen LogP contribution in [-0.2, 0) is 20.6 Å². The molecule has 0 bridgehead atoms. The van der Waals surface area contributed by atoms with Crippen LogP contribution in [0.15, 0.2) is 24.3 Å². The summed E-state index contributed by atoms with van der Waals surface area (Å²) in [5.41, 5.74) is 0.606. The van der Waals surface area contributed by atoms with Crippen molar-refractivity contribution >= 4 is 16.0 Å². The highest BCUT2D eigenvalue weighted by Crippen LogP contribution is 2.11. The predicted octanol–water partition coefficient (Wildman–Crippen LogP) is 0.841. The zero-order valence-electron chi connectivity index (χ0n) is 10.3. The van der Waals surface area contributed by atoms with Crippen LogP contribution in [0.3, 0.4) is 0 Å². The lowest BCUT2D eigenvalue weighted by Gasteiger charge is -2.13. The summed E-state index contributed by atoms with van der Waals surface area (Å²) in [6.45, 7) is 1.57. The van der Waals surface area contributed by atoms with E-state index in [2.05, 4.69) is 4.72 Å². The fourth-order valence-corrected chi connectivity index (χ4v) is 2.97. The van der Waals surface area contributed by atoms with Crippen LogP contribution in [0.4, 0.5) is 0 Å². The van der Waals surface area contributed by atoms with E-state index in [1.54, 1.807) is 19.1 Å². The normalized spacial score (nSPS) is 12.6. The molecular formula is C12H14N2O4S. The summed E-state index contributed by atoms with van der Waals surface area (Å²) in [6, 6.07) is 7.05. The van der Waals surface area contributed by atoms with Gasteiger partial charge in [0, 0.05) is 0 Å². The van der Waals surface area contributed by atoms with Gasteiger partial charge in [0.1, 0.15) is 6.04 Å². The van der Waals surface area contributed by atoms with Crippen molar-refractivity contribution in [3.05, 3.63) is 35.4 Å². The molecule has 1 aromatic rings. The molecule has 0 amide bonds. The van der Waals surface area contributed by atoms with Gasteiger partial charge in [-0.05, 0) is 18.1 Å². The lowest BCUT2D eigenvalue weighted by Crippen LogP contribution is -2.40. The van der Waals surface area contributed by atoms with Gasteiger partial charge in [-0.15, -0.1) is 0 Å². The van der Waals surface area contributed by atoms with Crippen molar-refractivity contribution in [3.8, 4) is 6.07 Å². The molecule has 7 heteroatoms. The third-order valence-electron chi connectivity index (χ3n) is 2.51. The molecule has 1 aromatic carbocycles. The molecule has 0 aliphatic rings. The summed E-state index contributed by atoms with van der Waals surface area (Å²) in [4.78, 5) is 10.8. The quantitative estimate of drug-likeness (QED) is 0.804. The molecule has 1 unspecified atom stereocenters. The topological polar surface area (TPSA) is 107 Å². The molecule has 0 fully saturated rings. The highest BCUT2D eigenvalue weighted by Gasteiger charge is 2.23. The third kappa shape index (κ3) is 4.35. The molecule has 6 nitrogen and oxygen atoms in total. The van der Waals surface area contributed by atoms with Gasteiger partial charge in [-0.2, -0.15) is 5.26 Å². The maximum atomic E-state index is 11.9. The molecule has 19 heavy (non-hydrogen) atoms. The standard InChI is InChI=1S/C12H14N2O4S/c1-2-11(12(15)16)14-19(17,18)8-10-6-4-3-5-9(10)7-13/h3-6,11,14H,2,8H2,1H3,(H,15,16). The minimum atomic E-state index is -3.81. The van der Waals surface area contributed by atoms with E-state index < -0.39 is 27.8 Å². The largest absolute Gasteiger partial charge is 0.480 e. The number of carboxylic acids is 1. The summed E-state index contributed by atoms with van der Waals surface area (Å²) >= 11 is 0. The number of carbonyl (C=O) groups is 1. The zero-order chi connectivity index (χ0) is 14.5. The molecule has 0 saturated carbocycles. The minimum Gasteiger partial charge on any atom is -0.480 e. The molecule has 0 aliphatic heterocycles. The van der Waals surface area contributed by atoms with Crippen molar-refractivity contribution in [2.75, 3.05) is 0 Å². The van der Waals surface area contributed by atoms with Crippen LogP contribution in [0.5, 0.6) is 0 Å². The van der Waals surface area contributed by atoms with E-state index in [1.807, 2.05) is 6.07 Å². The number of aliphatic carboxylic acids is 1. The molecular weight excluding hydrogens is 268 g/mol. The first kappa shape index (κ1) is 15.1. The average molecular weight is 282 g/mol. The number of carboxylic acid groups (broad SMARTS) is 1. The fourth-order valence-electron chi connectivity index (χ4n) is 1.53. The number of hydrogen-bond acceptors (Lipinski definition) is 4. The lowest BCUT2D eigenvalue weighted by molar-refractivity contribution is -0.139. The van der Waals surface area contributed by atoms with Gasteiger partial charge >= 0.3 is 5.97 Å². The zero-order valence-corrected chi connectivity index (χ0v) is 11.1. The number of benzene rings is 1. The number of hydrogen-bond donors (Lipinski definition) is 2. The maximum absolute atomic E-state index is 11.9. The van der Waals surface area contributed by atoms with Crippen molar-refractivity contribution in [2.45, 2.75) is 25.1 Å². The maximum Gasteiger partial charge on any atom is 0.321 e. The van der Waals surface area contributed by atoms with Gasteiger partial charge in [0.15, 0.2) is 0 Å². The van der Waals surface area contributed by atoms with Gasteiger partial charge in [-0.1, -0.05) is 25.1 Å². The molecule has 0 radical (unpaired) electrons. The molecule has 0 aromatic heterocycles. The van der Waals surface area contributed by atoms with Gasteiger partial charge < -0.3 is 5.11 Å². The number of sulfonamides is 1. The second kappa shape index (κ2) is 6.31. The van der Waals surface area contributed by atoms with Gasteiger partial charge in [-0.25, -0.2) is 13.1 Å². The Labute approximate surface area is 111 Å². The Morgan fingerprint density at radius 3 is 2.63 bits per heavy atom. The molecule has 1 rings (SSSR count). The first-order valence-electron chi connectivity index (χ1n) is 5.60. The molecule has 0 saturated heterocycles. The van der Waals surface area contributed by atoms with Crippen LogP contribution < -0.4 is 4.72 Å². The van der Waals surface area contributed by atoms with E-state index in [-0.39, 0.29) is 12.0 Å². The van der Waals surface area contributed by atoms with E-state index in [0.29, 0.717) is 5.56 Å². The second-order valence-corrected chi connectivity index (χ2v) is 5.70. The highest BCUT2D eigenvalue weighted by atomic mass is 32.2. The van der Waals surface area contributed by atoms with Crippen molar-refractivity contribution < 1.29 is 18.3 Å². The van der Waals surface area contributed by atoms with Gasteiger partial charge in [0.05, 0.1) is 17.4 Å². The first-order chi connectivity index (χ1) is 8.89. The fraction of sp³-hybridized carbons (Fsp3) is 0.333. The summed E-state index contributed by atoms with van der Waals surface area (Å²) < 4.78 is 25.8. The van der Waals surface area contributed by atoms with Crippen molar-refractivity contribution in [1.29, 1.82) is 5.26 Å². The summed E-state index contributed by atoms with van der Waals surface area (Å²) in [7, 11) is -3.81. The summed E-state index contributed by atoms with van der Waals surface area (Å²) in [5.74, 6) is -1.64. The van der Waals surface area contributed by atoms with Crippen LogP contribution in [0, 0.1) is 11.3 Å². The molecule has 0 aliphatic carbocycles. The van der Waals surface area contributed by atoms with Crippen LogP contribution in [0.25, 0.3) is 0 Å². The Morgan fingerprint density at radius 2 is 2.11 bits per heavy atom. The van der Waals surface area contributed by atoms with Crippen molar-refractivity contribution in [1.82, 2.24) is 4.72 Å². The SMILES string of the molecule is CCC(NS(=O)(=O)Cc1ccccc1C#N)C(=O)O. The van der Waals surface area contributed by atoms with Gasteiger partial charge in [-0.3, -0.25) is 4.79 Å². The number of nitriles is 1. The molecule has 102 valence electrons. The first-order valence-corrected chi connectivity index (χ1v) is 7.25. The average Bonchev–Trinajstić information content (AvgIpc) is 2.36. The lowest BCUT2D eigenvalue weighted by atomic mass is 10.1. The van der Waals surface area contributed by atoms with E-state index in [4.69, 9.17) is 10.4 Å². The molecule has 0 spiro atoms. The molecule has 0 heterocycles. The van der Waals surface area contributed by atoms with Gasteiger partial charge in [0.2, 0.25) is 10.0 Å². The summed E-state index contributed by atoms with van der Waals surface area (Å²) in [6.07, 6.45) is 0.147. The molecule has 1 atom stereocenters. The third-order valence-corrected chi connectivity index (χ3v) is 3.85.